The molecule has 1 amide bonds. The van der Waals surface area contributed by atoms with Gasteiger partial charge < -0.3 is 10.0 Å². The molecule has 1 fully saturated rings. The number of aliphatic hydroxyl groups is 1. The maximum absolute atomic E-state index is 11.8. The predicted molar refractivity (Wildman–Crippen MR) is 62.1 cm³/mol. The largest absolute Gasteiger partial charge is 0.389 e. The fourth-order valence-corrected chi connectivity index (χ4v) is 1.95. The average molecular weight is 219 g/mol. The molecular formula is C13H17NO2. The smallest absolute Gasteiger partial charge is 0.223 e. The van der Waals surface area contributed by atoms with Crippen molar-refractivity contribution in [3.63, 3.8) is 0 Å². The van der Waals surface area contributed by atoms with Crippen LogP contribution in [-0.2, 0) is 4.79 Å². The Labute approximate surface area is 95.7 Å². The molecule has 0 spiro atoms. The third kappa shape index (κ3) is 2.42. The summed E-state index contributed by atoms with van der Waals surface area (Å²) in [5.41, 5.74) is 1.19. The van der Waals surface area contributed by atoms with Crippen LogP contribution in [0.2, 0.25) is 0 Å². The molecule has 1 aromatic carbocycles. The minimum absolute atomic E-state index is 0.140. The number of rotatable bonds is 3. The van der Waals surface area contributed by atoms with Gasteiger partial charge >= 0.3 is 0 Å². The number of hydrogen-bond donors (Lipinski definition) is 1. The number of amides is 1. The standard InChI is InChI=1S/C13H17NO2/c1-10(11-5-3-2-4-6-11)7-13(16)14-8-12(15)9-14/h2-6,10,12,15H,7-9H2,1H3/t10-/m0/s1. The van der Waals surface area contributed by atoms with Gasteiger partial charge in [0.05, 0.1) is 6.10 Å². The van der Waals surface area contributed by atoms with Crippen molar-refractivity contribution in [3.8, 4) is 0 Å². The van der Waals surface area contributed by atoms with Gasteiger partial charge in [-0.25, -0.2) is 0 Å². The quantitative estimate of drug-likeness (QED) is 0.834. The van der Waals surface area contributed by atoms with Gasteiger partial charge in [0.15, 0.2) is 0 Å². The SMILES string of the molecule is C[C@@H](CC(=O)N1CC(O)C1)c1ccccc1. The van der Waals surface area contributed by atoms with Crippen LogP contribution in [0.25, 0.3) is 0 Å². The molecule has 3 heteroatoms. The molecule has 0 aromatic heterocycles. The number of benzene rings is 1. The lowest BCUT2D eigenvalue weighted by atomic mass is 9.96. The Kier molecular flexibility index (Phi) is 3.25. The van der Waals surface area contributed by atoms with Crippen LogP contribution < -0.4 is 0 Å². The first-order valence-corrected chi connectivity index (χ1v) is 5.67. The molecule has 1 N–H and O–H groups in total. The van der Waals surface area contributed by atoms with Crippen LogP contribution in [0.3, 0.4) is 0 Å². The summed E-state index contributed by atoms with van der Waals surface area (Å²) < 4.78 is 0. The molecule has 0 unspecified atom stereocenters. The van der Waals surface area contributed by atoms with E-state index in [9.17, 15) is 4.79 Å². The van der Waals surface area contributed by atoms with E-state index in [2.05, 4.69) is 6.92 Å². The predicted octanol–water partition coefficient (Wildman–Crippen LogP) is 1.38. The van der Waals surface area contributed by atoms with Crippen molar-refractivity contribution in [1.29, 1.82) is 0 Å². The molecule has 3 nitrogen and oxygen atoms in total. The number of aliphatic hydroxyl groups excluding tert-OH is 1. The van der Waals surface area contributed by atoms with Gasteiger partial charge in [0.25, 0.3) is 0 Å². The van der Waals surface area contributed by atoms with E-state index in [1.54, 1.807) is 4.90 Å². The molecule has 2 rings (SSSR count). The van der Waals surface area contributed by atoms with Gasteiger partial charge in [0.1, 0.15) is 0 Å². The number of carbonyl (C=O) groups is 1. The van der Waals surface area contributed by atoms with Crippen molar-refractivity contribution in [2.45, 2.75) is 25.4 Å². The second-order valence-electron chi connectivity index (χ2n) is 4.47. The number of β-amino-alcohol motifs (C(OH)–C–C–N with tert-alkyl or cyclic N) is 1. The monoisotopic (exact) mass is 219 g/mol. The zero-order chi connectivity index (χ0) is 11.5. The van der Waals surface area contributed by atoms with E-state index in [1.165, 1.54) is 5.56 Å². The zero-order valence-electron chi connectivity index (χ0n) is 9.47. The Bertz CT molecular complexity index is 357. The van der Waals surface area contributed by atoms with Crippen molar-refractivity contribution in [1.82, 2.24) is 4.90 Å². The van der Waals surface area contributed by atoms with Crippen LogP contribution in [0.4, 0.5) is 0 Å². The Hall–Kier alpha value is -1.35. The maximum Gasteiger partial charge on any atom is 0.223 e. The molecule has 1 atom stereocenters. The Balaban J connectivity index is 1.88. The van der Waals surface area contributed by atoms with Gasteiger partial charge in [-0.15, -0.1) is 0 Å². The van der Waals surface area contributed by atoms with E-state index in [0.29, 0.717) is 19.5 Å². The highest BCUT2D eigenvalue weighted by molar-refractivity contribution is 5.78. The van der Waals surface area contributed by atoms with E-state index in [4.69, 9.17) is 5.11 Å². The summed E-state index contributed by atoms with van der Waals surface area (Å²) in [6, 6.07) is 10.0. The second kappa shape index (κ2) is 4.66. The number of nitrogens with zero attached hydrogens (tertiary/aromatic N) is 1. The number of carbonyl (C=O) groups excluding carboxylic acids is 1. The highest BCUT2D eigenvalue weighted by Gasteiger charge is 2.29. The molecule has 1 aliphatic rings. The van der Waals surface area contributed by atoms with Gasteiger partial charge in [0.2, 0.25) is 5.91 Å². The summed E-state index contributed by atoms with van der Waals surface area (Å²) in [5.74, 6) is 0.382. The van der Waals surface area contributed by atoms with E-state index >= 15 is 0 Å². The van der Waals surface area contributed by atoms with Gasteiger partial charge in [-0.05, 0) is 11.5 Å². The summed E-state index contributed by atoms with van der Waals surface area (Å²) >= 11 is 0. The zero-order valence-corrected chi connectivity index (χ0v) is 9.47. The Morgan fingerprint density at radius 1 is 1.44 bits per heavy atom. The van der Waals surface area contributed by atoms with E-state index in [0.717, 1.165) is 0 Å². The highest BCUT2D eigenvalue weighted by Crippen LogP contribution is 2.21. The van der Waals surface area contributed by atoms with Crippen molar-refractivity contribution in [2.24, 2.45) is 0 Å². The molecular weight excluding hydrogens is 202 g/mol. The fraction of sp³-hybridized carbons (Fsp3) is 0.462. The Morgan fingerprint density at radius 3 is 2.62 bits per heavy atom. The van der Waals surface area contributed by atoms with Gasteiger partial charge in [-0.2, -0.15) is 0 Å². The summed E-state index contributed by atoms with van der Waals surface area (Å²) in [5, 5.41) is 9.12. The van der Waals surface area contributed by atoms with Gasteiger partial charge in [-0.1, -0.05) is 37.3 Å². The third-order valence-corrected chi connectivity index (χ3v) is 3.06. The van der Waals surface area contributed by atoms with E-state index in [1.807, 2.05) is 30.3 Å². The van der Waals surface area contributed by atoms with E-state index < -0.39 is 0 Å². The summed E-state index contributed by atoms with van der Waals surface area (Å²) in [6.45, 7) is 3.06. The normalized spacial score (nSPS) is 18.0. The van der Waals surface area contributed by atoms with E-state index in [-0.39, 0.29) is 17.9 Å². The lowest BCUT2D eigenvalue weighted by Crippen LogP contribution is -2.53. The summed E-state index contributed by atoms with van der Waals surface area (Å²) in [4.78, 5) is 13.5. The minimum Gasteiger partial charge on any atom is -0.389 e. The molecule has 1 saturated heterocycles. The van der Waals surface area contributed by atoms with Crippen molar-refractivity contribution in [2.75, 3.05) is 13.1 Å². The molecule has 86 valence electrons. The average Bonchev–Trinajstić information content (AvgIpc) is 2.26. The summed E-state index contributed by atoms with van der Waals surface area (Å²) in [7, 11) is 0. The molecule has 0 radical (unpaired) electrons. The molecule has 0 aliphatic carbocycles. The van der Waals surface area contributed by atoms with Crippen LogP contribution in [0.1, 0.15) is 24.8 Å². The maximum atomic E-state index is 11.8. The minimum atomic E-state index is -0.309. The van der Waals surface area contributed by atoms with Crippen LogP contribution in [0.15, 0.2) is 30.3 Å². The lowest BCUT2D eigenvalue weighted by Gasteiger charge is -2.36. The number of hydrogen-bond acceptors (Lipinski definition) is 2. The second-order valence-corrected chi connectivity index (χ2v) is 4.47. The Morgan fingerprint density at radius 2 is 2.06 bits per heavy atom. The van der Waals surface area contributed by atoms with Crippen LogP contribution >= 0.6 is 0 Å². The summed E-state index contributed by atoms with van der Waals surface area (Å²) in [6.07, 6.45) is 0.215. The number of likely N-dealkylation sites (tertiary alicyclic amines) is 1. The first kappa shape index (κ1) is 11.1. The van der Waals surface area contributed by atoms with Gasteiger partial charge in [0, 0.05) is 19.5 Å². The van der Waals surface area contributed by atoms with Crippen LogP contribution in [0.5, 0.6) is 0 Å². The molecule has 1 aromatic rings. The van der Waals surface area contributed by atoms with Crippen molar-refractivity contribution < 1.29 is 9.90 Å². The van der Waals surface area contributed by atoms with Crippen molar-refractivity contribution in [3.05, 3.63) is 35.9 Å². The first-order chi connectivity index (χ1) is 7.66. The molecule has 16 heavy (non-hydrogen) atoms. The molecule has 0 saturated carbocycles. The molecule has 1 heterocycles. The van der Waals surface area contributed by atoms with Crippen molar-refractivity contribution >= 4 is 5.91 Å². The topological polar surface area (TPSA) is 40.5 Å². The third-order valence-electron chi connectivity index (χ3n) is 3.06. The van der Waals surface area contributed by atoms with Crippen LogP contribution in [0, 0.1) is 0 Å². The molecule has 1 aliphatic heterocycles. The molecule has 0 bridgehead atoms. The first-order valence-electron chi connectivity index (χ1n) is 5.67. The lowest BCUT2D eigenvalue weighted by molar-refractivity contribution is -0.141. The highest BCUT2D eigenvalue weighted by atomic mass is 16.3. The van der Waals surface area contributed by atoms with Gasteiger partial charge in [-0.3, -0.25) is 4.79 Å². The fourth-order valence-electron chi connectivity index (χ4n) is 1.95. The van der Waals surface area contributed by atoms with Crippen LogP contribution in [-0.4, -0.2) is 35.1 Å².